The Hall–Kier alpha value is -2.33. The van der Waals surface area contributed by atoms with Crippen LogP contribution in [0.25, 0.3) is 0 Å². The first-order valence-electron chi connectivity index (χ1n) is 7.06. The number of rotatable bonds is 5. The van der Waals surface area contributed by atoms with Gasteiger partial charge in [0.05, 0.1) is 22.0 Å². The highest BCUT2D eigenvalue weighted by Gasteiger charge is 2.31. The summed E-state index contributed by atoms with van der Waals surface area (Å²) in [5.74, 6) is -0.691. The molecule has 1 aromatic carbocycles. The zero-order valence-electron chi connectivity index (χ0n) is 13.2. The number of carbonyl (C=O) groups excluding carboxylic acids is 2. The first-order chi connectivity index (χ1) is 12.1. The van der Waals surface area contributed by atoms with Gasteiger partial charge in [0.25, 0.3) is 0 Å². The van der Waals surface area contributed by atoms with E-state index in [-0.39, 0.29) is 28.2 Å². The summed E-state index contributed by atoms with van der Waals surface area (Å²) in [7, 11) is 0. The molecule has 0 fully saturated rings. The summed E-state index contributed by atoms with van der Waals surface area (Å²) < 4.78 is 38.2. The number of nitrogens with zero attached hydrogens (tertiary/aromatic N) is 2. The number of hydrogen-bond donors (Lipinski definition) is 2. The van der Waals surface area contributed by atoms with Crippen molar-refractivity contribution in [1.29, 1.82) is 0 Å². The molecule has 1 heterocycles. The van der Waals surface area contributed by atoms with E-state index < -0.39 is 17.6 Å². The molecule has 1 aromatic heterocycles. The molecule has 138 valence electrons. The number of nitrogens with one attached hydrogen (secondary N) is 2. The van der Waals surface area contributed by atoms with Gasteiger partial charge in [0.2, 0.25) is 11.8 Å². The average Bonchev–Trinajstić information content (AvgIpc) is 2.54. The summed E-state index contributed by atoms with van der Waals surface area (Å²) in [6.07, 6.45) is -4.54. The molecule has 2 amide bonds. The quantitative estimate of drug-likeness (QED) is 0.740. The SMILES string of the molecule is CC(=O)Nc1ccc(SCC(=O)Nc2cc(C(F)(F)F)ccc2Cl)nn1. The third-order valence-corrected chi connectivity index (χ3v) is 4.11. The van der Waals surface area contributed by atoms with Crippen molar-refractivity contribution in [1.82, 2.24) is 10.2 Å². The van der Waals surface area contributed by atoms with E-state index >= 15 is 0 Å². The van der Waals surface area contributed by atoms with E-state index in [1.807, 2.05) is 0 Å². The topological polar surface area (TPSA) is 84.0 Å². The molecule has 0 aliphatic rings. The molecule has 2 rings (SSSR count). The average molecular weight is 405 g/mol. The van der Waals surface area contributed by atoms with E-state index in [2.05, 4.69) is 20.8 Å². The van der Waals surface area contributed by atoms with Crippen LogP contribution >= 0.6 is 23.4 Å². The maximum Gasteiger partial charge on any atom is 0.416 e. The number of alkyl halides is 3. The van der Waals surface area contributed by atoms with E-state index in [0.29, 0.717) is 5.03 Å². The lowest BCUT2D eigenvalue weighted by Crippen LogP contribution is -2.15. The van der Waals surface area contributed by atoms with Crippen molar-refractivity contribution < 1.29 is 22.8 Å². The third-order valence-electron chi connectivity index (χ3n) is 2.86. The predicted octanol–water partition coefficient (Wildman–Crippen LogP) is 3.84. The fourth-order valence-electron chi connectivity index (χ4n) is 1.77. The Kier molecular flexibility index (Phi) is 6.43. The van der Waals surface area contributed by atoms with E-state index in [1.54, 1.807) is 6.07 Å². The molecule has 0 aliphatic carbocycles. The minimum absolute atomic E-state index is 0.00389. The van der Waals surface area contributed by atoms with Crippen molar-refractivity contribution in [3.63, 3.8) is 0 Å². The smallest absolute Gasteiger partial charge is 0.324 e. The maximum absolute atomic E-state index is 12.7. The fraction of sp³-hybridized carbons (Fsp3) is 0.200. The highest BCUT2D eigenvalue weighted by atomic mass is 35.5. The third kappa shape index (κ3) is 5.88. The number of thioether (sulfide) groups is 1. The van der Waals surface area contributed by atoms with Crippen LogP contribution in [0.5, 0.6) is 0 Å². The number of amides is 2. The monoisotopic (exact) mass is 404 g/mol. The predicted molar refractivity (Wildman–Crippen MR) is 92.1 cm³/mol. The van der Waals surface area contributed by atoms with Crippen LogP contribution in [-0.2, 0) is 15.8 Å². The van der Waals surface area contributed by atoms with Crippen molar-refractivity contribution in [2.24, 2.45) is 0 Å². The van der Waals surface area contributed by atoms with Crippen LogP contribution in [0.3, 0.4) is 0 Å². The minimum atomic E-state index is -4.54. The molecule has 2 aromatic rings. The molecular weight excluding hydrogens is 393 g/mol. The van der Waals surface area contributed by atoms with Crippen LogP contribution in [-0.4, -0.2) is 27.8 Å². The normalized spacial score (nSPS) is 11.1. The van der Waals surface area contributed by atoms with Crippen LogP contribution in [0, 0.1) is 0 Å². The zero-order valence-corrected chi connectivity index (χ0v) is 14.8. The molecule has 0 unspecified atom stereocenters. The molecule has 11 heteroatoms. The van der Waals surface area contributed by atoms with Gasteiger partial charge in [-0.05, 0) is 30.3 Å². The zero-order chi connectivity index (χ0) is 19.3. The molecule has 0 aliphatic heterocycles. The molecule has 0 saturated carbocycles. The highest BCUT2D eigenvalue weighted by Crippen LogP contribution is 2.33. The highest BCUT2D eigenvalue weighted by molar-refractivity contribution is 7.99. The molecule has 0 saturated heterocycles. The standard InChI is InChI=1S/C15H12ClF3N4O2S/c1-8(24)20-12-4-5-14(23-22-12)26-7-13(25)21-11-6-9(15(17,18)19)2-3-10(11)16/h2-6H,7H2,1H3,(H,21,25)(H,20,22,24). The summed E-state index contributed by atoms with van der Waals surface area (Å²) in [5.41, 5.74) is -1.04. The van der Waals surface area contributed by atoms with Crippen LogP contribution in [0.4, 0.5) is 24.7 Å². The first-order valence-corrected chi connectivity index (χ1v) is 8.42. The van der Waals surface area contributed by atoms with Gasteiger partial charge in [-0.15, -0.1) is 10.2 Å². The lowest BCUT2D eigenvalue weighted by molar-refractivity contribution is -0.137. The van der Waals surface area contributed by atoms with Crippen molar-refractivity contribution in [3.05, 3.63) is 40.9 Å². The van der Waals surface area contributed by atoms with Gasteiger partial charge in [-0.25, -0.2) is 0 Å². The fourth-order valence-corrected chi connectivity index (χ4v) is 2.55. The maximum atomic E-state index is 12.7. The molecule has 0 atom stereocenters. The minimum Gasteiger partial charge on any atom is -0.324 e. The molecule has 0 bridgehead atoms. The Morgan fingerprint density at radius 1 is 1.15 bits per heavy atom. The van der Waals surface area contributed by atoms with Gasteiger partial charge in [0, 0.05) is 6.92 Å². The molecule has 2 N–H and O–H groups in total. The number of hydrogen-bond acceptors (Lipinski definition) is 5. The van der Waals surface area contributed by atoms with Crippen LogP contribution in [0.1, 0.15) is 12.5 Å². The Balaban J connectivity index is 1.96. The Bertz CT molecular complexity index is 816. The summed E-state index contributed by atoms with van der Waals surface area (Å²) >= 11 is 6.85. The van der Waals surface area contributed by atoms with Crippen molar-refractivity contribution in [3.8, 4) is 0 Å². The molecule has 0 radical (unpaired) electrons. The number of halogens is 4. The molecule has 0 spiro atoms. The van der Waals surface area contributed by atoms with E-state index in [9.17, 15) is 22.8 Å². The van der Waals surface area contributed by atoms with Gasteiger partial charge in [0.15, 0.2) is 5.82 Å². The van der Waals surface area contributed by atoms with Gasteiger partial charge in [-0.1, -0.05) is 23.4 Å². The van der Waals surface area contributed by atoms with Crippen molar-refractivity contribution in [2.75, 3.05) is 16.4 Å². The molecule has 26 heavy (non-hydrogen) atoms. The van der Waals surface area contributed by atoms with Gasteiger partial charge < -0.3 is 10.6 Å². The van der Waals surface area contributed by atoms with Crippen LogP contribution in [0.2, 0.25) is 5.02 Å². The van der Waals surface area contributed by atoms with Crippen LogP contribution < -0.4 is 10.6 Å². The van der Waals surface area contributed by atoms with Gasteiger partial charge >= 0.3 is 6.18 Å². The molecular formula is C15H12ClF3N4O2S. The van der Waals surface area contributed by atoms with Gasteiger partial charge in [-0.3, -0.25) is 9.59 Å². The van der Waals surface area contributed by atoms with Crippen molar-refractivity contribution in [2.45, 2.75) is 18.1 Å². The second-order valence-corrected chi connectivity index (χ2v) is 6.37. The summed E-state index contributed by atoms with van der Waals surface area (Å²) in [5, 5.41) is 12.8. The first kappa shape index (κ1) is 20.0. The Morgan fingerprint density at radius 2 is 1.88 bits per heavy atom. The number of benzene rings is 1. The van der Waals surface area contributed by atoms with Gasteiger partial charge in [0.1, 0.15) is 5.03 Å². The lowest BCUT2D eigenvalue weighted by Gasteiger charge is -2.11. The number of anilines is 2. The van der Waals surface area contributed by atoms with E-state index in [0.717, 1.165) is 30.0 Å². The van der Waals surface area contributed by atoms with E-state index in [1.165, 1.54) is 13.0 Å². The largest absolute Gasteiger partial charge is 0.416 e. The van der Waals surface area contributed by atoms with E-state index in [4.69, 9.17) is 11.6 Å². The van der Waals surface area contributed by atoms with Gasteiger partial charge in [-0.2, -0.15) is 13.2 Å². The Morgan fingerprint density at radius 3 is 2.46 bits per heavy atom. The lowest BCUT2D eigenvalue weighted by atomic mass is 10.2. The van der Waals surface area contributed by atoms with Crippen LogP contribution in [0.15, 0.2) is 35.4 Å². The summed E-state index contributed by atoms with van der Waals surface area (Å²) in [6.45, 7) is 1.33. The number of carbonyl (C=O) groups is 2. The Labute approximate surface area is 155 Å². The molecule has 6 nitrogen and oxygen atoms in total. The van der Waals surface area contributed by atoms with Crippen molar-refractivity contribution >= 4 is 46.7 Å². The summed E-state index contributed by atoms with van der Waals surface area (Å²) in [6, 6.07) is 5.73. The summed E-state index contributed by atoms with van der Waals surface area (Å²) in [4.78, 5) is 22.8. The second kappa shape index (κ2) is 8.37. The number of aromatic nitrogens is 2. The second-order valence-electron chi connectivity index (χ2n) is 4.97.